The Morgan fingerprint density at radius 2 is 2.33 bits per heavy atom. The summed E-state index contributed by atoms with van der Waals surface area (Å²) in [4.78, 5) is 7.24. The van der Waals surface area contributed by atoms with Crippen molar-refractivity contribution in [2.45, 2.75) is 13.0 Å². The van der Waals surface area contributed by atoms with Gasteiger partial charge in [0, 0.05) is 6.54 Å². The van der Waals surface area contributed by atoms with Crippen LogP contribution in [0, 0.1) is 5.92 Å². The van der Waals surface area contributed by atoms with E-state index in [1.165, 1.54) is 29.2 Å². The first kappa shape index (κ1) is 12.1. The number of nitrogens with one attached hydrogen (secondary N) is 1. The smallest absolute Gasteiger partial charge is 0.108 e. The van der Waals surface area contributed by atoms with E-state index in [4.69, 9.17) is 4.98 Å². The molecule has 1 saturated heterocycles. The highest BCUT2D eigenvalue weighted by atomic mass is 32.1. The molecule has 0 amide bonds. The van der Waals surface area contributed by atoms with Gasteiger partial charge >= 0.3 is 0 Å². The molecule has 1 unspecified atom stereocenters. The summed E-state index contributed by atoms with van der Waals surface area (Å²) in [5.74, 6) is 0.810. The van der Waals surface area contributed by atoms with Gasteiger partial charge in [-0.2, -0.15) is 0 Å². The van der Waals surface area contributed by atoms with Gasteiger partial charge in [-0.3, -0.25) is 4.90 Å². The minimum Gasteiger partial charge on any atom is -0.319 e. The first-order valence-electron chi connectivity index (χ1n) is 6.56. The number of fused-ring (bicyclic) bond motifs is 1. The average molecular weight is 261 g/mol. The third-order valence-electron chi connectivity index (χ3n) is 3.56. The van der Waals surface area contributed by atoms with E-state index in [-0.39, 0.29) is 0 Å². The maximum Gasteiger partial charge on any atom is 0.108 e. The Hall–Kier alpha value is -0.970. The lowest BCUT2D eigenvalue weighted by Crippen LogP contribution is -2.24. The molecule has 1 N–H and O–H groups in total. The Labute approximate surface area is 112 Å². The van der Waals surface area contributed by atoms with Crippen molar-refractivity contribution in [3.63, 3.8) is 0 Å². The van der Waals surface area contributed by atoms with Crippen LogP contribution < -0.4 is 5.32 Å². The maximum absolute atomic E-state index is 4.71. The van der Waals surface area contributed by atoms with Gasteiger partial charge in [-0.05, 0) is 44.6 Å². The summed E-state index contributed by atoms with van der Waals surface area (Å²) in [6.45, 7) is 4.56. The second-order valence-electron chi connectivity index (χ2n) is 5.02. The minimum absolute atomic E-state index is 0.810. The highest BCUT2D eigenvalue weighted by Crippen LogP contribution is 2.24. The molecule has 0 bridgehead atoms. The van der Waals surface area contributed by atoms with E-state index in [0.29, 0.717) is 0 Å². The molecule has 1 aromatic carbocycles. The number of hydrogen-bond acceptors (Lipinski definition) is 4. The molecule has 1 fully saturated rings. The van der Waals surface area contributed by atoms with Crippen LogP contribution in [0.1, 0.15) is 11.4 Å². The van der Waals surface area contributed by atoms with Crippen LogP contribution in [0.15, 0.2) is 24.3 Å². The van der Waals surface area contributed by atoms with Crippen molar-refractivity contribution in [3.05, 3.63) is 29.3 Å². The molecule has 1 aliphatic heterocycles. The third kappa shape index (κ3) is 2.55. The molecule has 3 rings (SSSR count). The van der Waals surface area contributed by atoms with Crippen molar-refractivity contribution < 1.29 is 0 Å². The maximum atomic E-state index is 4.71. The highest BCUT2D eigenvalue weighted by molar-refractivity contribution is 7.18. The Morgan fingerprint density at radius 1 is 1.44 bits per heavy atom. The van der Waals surface area contributed by atoms with E-state index in [1.54, 1.807) is 0 Å². The zero-order valence-corrected chi connectivity index (χ0v) is 11.5. The van der Waals surface area contributed by atoms with Crippen molar-refractivity contribution in [3.8, 4) is 0 Å². The highest BCUT2D eigenvalue weighted by Gasteiger charge is 2.22. The molecule has 1 atom stereocenters. The summed E-state index contributed by atoms with van der Waals surface area (Å²) in [5.41, 5.74) is 1.14. The lowest BCUT2D eigenvalue weighted by atomic mass is 10.1. The van der Waals surface area contributed by atoms with Gasteiger partial charge in [0.25, 0.3) is 0 Å². The fourth-order valence-corrected chi connectivity index (χ4v) is 3.70. The van der Waals surface area contributed by atoms with E-state index < -0.39 is 0 Å². The van der Waals surface area contributed by atoms with Crippen LogP contribution >= 0.6 is 11.3 Å². The topological polar surface area (TPSA) is 28.2 Å². The molecule has 2 aromatic rings. The number of hydrogen-bond donors (Lipinski definition) is 1. The van der Waals surface area contributed by atoms with Crippen molar-refractivity contribution >= 4 is 21.6 Å². The fourth-order valence-electron chi connectivity index (χ4n) is 2.69. The number of para-hydroxylation sites is 1. The molecule has 0 aliphatic carbocycles. The number of thiazole rings is 1. The molecule has 1 aromatic heterocycles. The molecule has 0 radical (unpaired) electrons. The molecule has 18 heavy (non-hydrogen) atoms. The van der Waals surface area contributed by atoms with E-state index >= 15 is 0 Å². The summed E-state index contributed by atoms with van der Waals surface area (Å²) >= 11 is 1.83. The summed E-state index contributed by atoms with van der Waals surface area (Å²) in [7, 11) is 2.04. The Bertz CT molecular complexity index is 489. The number of likely N-dealkylation sites (tertiary alicyclic amines) is 1. The van der Waals surface area contributed by atoms with Gasteiger partial charge in [0.05, 0.1) is 16.8 Å². The van der Waals surface area contributed by atoms with Crippen molar-refractivity contribution in [2.75, 3.05) is 26.7 Å². The van der Waals surface area contributed by atoms with Crippen LogP contribution in [0.4, 0.5) is 0 Å². The van der Waals surface area contributed by atoms with Gasteiger partial charge in [0.15, 0.2) is 0 Å². The van der Waals surface area contributed by atoms with Gasteiger partial charge in [-0.15, -0.1) is 11.3 Å². The fraction of sp³-hybridized carbons (Fsp3) is 0.500. The molecule has 96 valence electrons. The van der Waals surface area contributed by atoms with Gasteiger partial charge in [-0.25, -0.2) is 4.98 Å². The number of aromatic nitrogens is 1. The van der Waals surface area contributed by atoms with E-state index in [9.17, 15) is 0 Å². The predicted molar refractivity (Wildman–Crippen MR) is 76.9 cm³/mol. The van der Waals surface area contributed by atoms with Crippen LogP contribution in [0.5, 0.6) is 0 Å². The number of benzene rings is 1. The van der Waals surface area contributed by atoms with Gasteiger partial charge < -0.3 is 5.32 Å². The molecular formula is C14H19N3S. The normalized spacial score (nSPS) is 20.8. The van der Waals surface area contributed by atoms with Crippen LogP contribution in [0.2, 0.25) is 0 Å². The summed E-state index contributed by atoms with van der Waals surface area (Å²) in [6, 6.07) is 8.40. The molecule has 0 saturated carbocycles. The second-order valence-corrected chi connectivity index (χ2v) is 6.14. The summed E-state index contributed by atoms with van der Waals surface area (Å²) in [5, 5.41) is 4.53. The van der Waals surface area contributed by atoms with Crippen LogP contribution in [0.25, 0.3) is 10.2 Å². The standard InChI is InChI=1S/C14H19N3S/c1-15-8-11-6-7-17(9-11)10-14-16-12-4-2-3-5-13(12)18-14/h2-5,11,15H,6-10H2,1H3. The first-order chi connectivity index (χ1) is 8.85. The second kappa shape index (κ2) is 5.34. The van der Waals surface area contributed by atoms with E-state index in [2.05, 4.69) is 34.5 Å². The lowest BCUT2D eigenvalue weighted by molar-refractivity contribution is 0.315. The van der Waals surface area contributed by atoms with Crippen molar-refractivity contribution in [1.82, 2.24) is 15.2 Å². The van der Waals surface area contributed by atoms with Crippen molar-refractivity contribution in [2.24, 2.45) is 5.92 Å². The zero-order valence-electron chi connectivity index (χ0n) is 10.7. The predicted octanol–water partition coefficient (Wildman–Crippen LogP) is 2.34. The van der Waals surface area contributed by atoms with Crippen molar-refractivity contribution in [1.29, 1.82) is 0 Å². The van der Waals surface area contributed by atoms with Crippen LogP contribution in [0.3, 0.4) is 0 Å². The molecule has 3 nitrogen and oxygen atoms in total. The van der Waals surface area contributed by atoms with E-state index in [0.717, 1.165) is 24.5 Å². The van der Waals surface area contributed by atoms with Crippen LogP contribution in [-0.4, -0.2) is 36.6 Å². The number of rotatable bonds is 4. The van der Waals surface area contributed by atoms with Crippen LogP contribution in [-0.2, 0) is 6.54 Å². The van der Waals surface area contributed by atoms with Gasteiger partial charge in [-0.1, -0.05) is 12.1 Å². The molecule has 0 spiro atoms. The molecule has 2 heterocycles. The molecule has 4 heteroatoms. The Kier molecular flexibility index (Phi) is 3.59. The summed E-state index contributed by atoms with van der Waals surface area (Å²) in [6.07, 6.45) is 1.31. The first-order valence-corrected chi connectivity index (χ1v) is 7.38. The lowest BCUT2D eigenvalue weighted by Gasteiger charge is -2.13. The third-order valence-corrected chi connectivity index (χ3v) is 4.58. The van der Waals surface area contributed by atoms with Gasteiger partial charge in [0.1, 0.15) is 5.01 Å². The summed E-state index contributed by atoms with van der Waals surface area (Å²) < 4.78 is 1.30. The number of nitrogens with zero attached hydrogens (tertiary/aromatic N) is 2. The SMILES string of the molecule is CNCC1CCN(Cc2nc3ccccc3s2)C1. The van der Waals surface area contributed by atoms with Gasteiger partial charge in [0.2, 0.25) is 0 Å². The Balaban J connectivity index is 1.66. The monoisotopic (exact) mass is 261 g/mol. The zero-order chi connectivity index (χ0) is 12.4. The minimum atomic E-state index is 0.810. The average Bonchev–Trinajstić information content (AvgIpc) is 2.96. The molecule has 1 aliphatic rings. The quantitative estimate of drug-likeness (QED) is 0.915. The molecular weight excluding hydrogens is 242 g/mol. The van der Waals surface area contributed by atoms with E-state index in [1.807, 2.05) is 18.4 Å². The Morgan fingerprint density at radius 3 is 3.17 bits per heavy atom. The largest absolute Gasteiger partial charge is 0.319 e.